The Morgan fingerprint density at radius 3 is 2.23 bits per heavy atom. The van der Waals surface area contributed by atoms with E-state index in [4.69, 9.17) is 9.84 Å². The van der Waals surface area contributed by atoms with Crippen LogP contribution in [0, 0.1) is 5.41 Å². The van der Waals surface area contributed by atoms with E-state index < -0.39 is 11.4 Å². The van der Waals surface area contributed by atoms with Gasteiger partial charge in [-0.25, -0.2) is 0 Å². The molecule has 0 spiro atoms. The molecular weight excluding hydrogens is 330 g/mol. The average Bonchev–Trinajstić information content (AvgIpc) is 3.38. The highest BCUT2D eigenvalue weighted by Crippen LogP contribution is 2.43. The van der Waals surface area contributed by atoms with Gasteiger partial charge in [0.15, 0.2) is 0 Å². The number of aliphatic carboxylic acids is 1. The van der Waals surface area contributed by atoms with Gasteiger partial charge >= 0.3 is 5.97 Å². The minimum Gasteiger partial charge on any atom is -0.490 e. The lowest BCUT2D eigenvalue weighted by Crippen LogP contribution is -2.36. The SMILES string of the molecule is CN1CCC(Oc2ccccc2C(C)(C)C)CC1.O=CC1(C(=O)O)CC1. The molecule has 0 amide bonds. The minimum absolute atomic E-state index is 0.141. The van der Waals surface area contributed by atoms with Crippen LogP contribution in [0.5, 0.6) is 5.75 Å². The molecule has 5 heteroatoms. The second kappa shape index (κ2) is 8.21. The fraction of sp³-hybridized carbons (Fsp3) is 0.619. The molecule has 2 fully saturated rings. The topological polar surface area (TPSA) is 66.8 Å². The molecule has 1 heterocycles. The summed E-state index contributed by atoms with van der Waals surface area (Å²) >= 11 is 0. The van der Waals surface area contributed by atoms with E-state index in [2.05, 4.69) is 57.0 Å². The molecule has 1 aromatic rings. The highest BCUT2D eigenvalue weighted by molar-refractivity contribution is 5.95. The van der Waals surface area contributed by atoms with Crippen LogP contribution in [0.1, 0.15) is 52.0 Å². The Hall–Kier alpha value is -1.88. The zero-order valence-corrected chi connectivity index (χ0v) is 16.3. The number of hydrogen-bond acceptors (Lipinski definition) is 4. The third kappa shape index (κ3) is 5.31. The summed E-state index contributed by atoms with van der Waals surface area (Å²) in [6.07, 6.45) is 4.21. The van der Waals surface area contributed by atoms with E-state index in [1.54, 1.807) is 0 Å². The van der Waals surface area contributed by atoms with Gasteiger partial charge in [-0.15, -0.1) is 0 Å². The number of benzene rings is 1. The molecule has 26 heavy (non-hydrogen) atoms. The lowest BCUT2D eigenvalue weighted by Gasteiger charge is -2.31. The van der Waals surface area contributed by atoms with Crippen molar-refractivity contribution in [2.45, 2.75) is 58.0 Å². The first-order valence-corrected chi connectivity index (χ1v) is 9.32. The smallest absolute Gasteiger partial charge is 0.316 e. The van der Waals surface area contributed by atoms with Crippen molar-refractivity contribution >= 4 is 12.3 Å². The minimum atomic E-state index is -0.979. The number of likely N-dealkylation sites (tertiary alicyclic amines) is 1. The quantitative estimate of drug-likeness (QED) is 0.657. The number of ether oxygens (including phenoxy) is 1. The summed E-state index contributed by atoms with van der Waals surface area (Å²) in [7, 11) is 2.18. The third-order valence-electron chi connectivity index (χ3n) is 5.09. The Balaban J connectivity index is 0.000000254. The first-order valence-electron chi connectivity index (χ1n) is 9.32. The molecule has 1 saturated heterocycles. The number of piperidine rings is 1. The van der Waals surface area contributed by atoms with E-state index in [0.29, 0.717) is 25.2 Å². The van der Waals surface area contributed by atoms with Crippen molar-refractivity contribution in [2.24, 2.45) is 5.41 Å². The first kappa shape index (κ1) is 20.4. The number of carboxylic acids is 1. The number of nitrogens with zero attached hydrogens (tertiary/aromatic N) is 1. The molecule has 1 aliphatic heterocycles. The summed E-state index contributed by atoms with van der Waals surface area (Å²) in [5.74, 6) is 0.0899. The normalized spacial score (nSPS) is 19.8. The molecule has 1 N–H and O–H groups in total. The molecular formula is C21H31NO4. The predicted molar refractivity (Wildman–Crippen MR) is 102 cm³/mol. The van der Waals surface area contributed by atoms with Crippen molar-refractivity contribution in [2.75, 3.05) is 20.1 Å². The maximum absolute atomic E-state index is 10.1. The Labute approximate surface area is 156 Å². The molecule has 0 bridgehead atoms. The van der Waals surface area contributed by atoms with Crippen LogP contribution >= 0.6 is 0 Å². The summed E-state index contributed by atoms with van der Waals surface area (Å²) in [5, 5.41) is 8.27. The molecule has 1 aromatic carbocycles. The van der Waals surface area contributed by atoms with E-state index in [1.807, 2.05) is 0 Å². The fourth-order valence-electron chi connectivity index (χ4n) is 2.99. The number of rotatable bonds is 4. The number of hydrogen-bond donors (Lipinski definition) is 1. The monoisotopic (exact) mass is 361 g/mol. The fourth-order valence-corrected chi connectivity index (χ4v) is 2.99. The van der Waals surface area contributed by atoms with Crippen LogP contribution in [0.25, 0.3) is 0 Å². The summed E-state index contributed by atoms with van der Waals surface area (Å²) < 4.78 is 6.23. The van der Waals surface area contributed by atoms with Gasteiger partial charge in [-0.2, -0.15) is 0 Å². The molecule has 1 saturated carbocycles. The Kier molecular flexibility index (Phi) is 6.45. The zero-order chi connectivity index (χ0) is 19.4. The maximum Gasteiger partial charge on any atom is 0.316 e. The van der Waals surface area contributed by atoms with E-state index in [0.717, 1.165) is 31.7 Å². The van der Waals surface area contributed by atoms with Crippen molar-refractivity contribution in [1.82, 2.24) is 4.90 Å². The Bertz CT molecular complexity index is 623. The van der Waals surface area contributed by atoms with Gasteiger partial charge in [0.05, 0.1) is 0 Å². The van der Waals surface area contributed by atoms with Crippen LogP contribution in [-0.2, 0) is 15.0 Å². The Morgan fingerprint density at radius 2 is 1.81 bits per heavy atom. The van der Waals surface area contributed by atoms with Crippen LogP contribution < -0.4 is 4.74 Å². The number of para-hydroxylation sites is 1. The molecule has 0 aromatic heterocycles. The van der Waals surface area contributed by atoms with Gasteiger partial charge in [0.2, 0.25) is 0 Å². The van der Waals surface area contributed by atoms with E-state index >= 15 is 0 Å². The van der Waals surface area contributed by atoms with Crippen LogP contribution in [-0.4, -0.2) is 48.5 Å². The van der Waals surface area contributed by atoms with Crippen molar-refractivity contribution < 1.29 is 19.4 Å². The summed E-state index contributed by atoms with van der Waals surface area (Å²) in [6.45, 7) is 9.00. The third-order valence-corrected chi connectivity index (χ3v) is 5.09. The number of carboxylic acid groups (broad SMARTS) is 1. The van der Waals surface area contributed by atoms with Crippen molar-refractivity contribution in [3.05, 3.63) is 29.8 Å². The number of carbonyl (C=O) groups is 2. The molecule has 0 unspecified atom stereocenters. The van der Waals surface area contributed by atoms with E-state index in [1.165, 1.54) is 5.56 Å². The Morgan fingerprint density at radius 1 is 1.23 bits per heavy atom. The van der Waals surface area contributed by atoms with Gasteiger partial charge in [0, 0.05) is 13.1 Å². The molecule has 144 valence electrons. The highest BCUT2D eigenvalue weighted by Gasteiger charge is 2.50. The van der Waals surface area contributed by atoms with E-state index in [-0.39, 0.29) is 5.41 Å². The van der Waals surface area contributed by atoms with Gasteiger partial charge in [-0.05, 0) is 49.8 Å². The second-order valence-electron chi connectivity index (χ2n) is 8.45. The van der Waals surface area contributed by atoms with Crippen LogP contribution in [0.2, 0.25) is 0 Å². The predicted octanol–water partition coefficient (Wildman–Crippen LogP) is 3.51. The van der Waals surface area contributed by atoms with Crippen LogP contribution in [0.4, 0.5) is 0 Å². The lowest BCUT2D eigenvalue weighted by atomic mass is 9.86. The van der Waals surface area contributed by atoms with Gasteiger partial charge in [0.25, 0.3) is 0 Å². The van der Waals surface area contributed by atoms with E-state index in [9.17, 15) is 9.59 Å². The van der Waals surface area contributed by atoms with Gasteiger partial charge in [-0.3, -0.25) is 4.79 Å². The molecule has 3 rings (SSSR count). The van der Waals surface area contributed by atoms with Gasteiger partial charge < -0.3 is 19.5 Å². The van der Waals surface area contributed by atoms with Crippen molar-refractivity contribution in [3.63, 3.8) is 0 Å². The summed E-state index contributed by atoms with van der Waals surface area (Å²) in [5.41, 5.74) is 0.478. The number of aldehydes is 1. The van der Waals surface area contributed by atoms with Gasteiger partial charge in [-0.1, -0.05) is 39.0 Å². The van der Waals surface area contributed by atoms with Gasteiger partial charge in [0.1, 0.15) is 23.6 Å². The number of carbonyl (C=O) groups excluding carboxylic acids is 1. The molecule has 0 radical (unpaired) electrons. The highest BCUT2D eigenvalue weighted by atomic mass is 16.5. The standard InChI is InChI=1S/C16H25NO.C5H6O3/c1-16(2,3)14-7-5-6-8-15(14)18-13-9-11-17(4)12-10-13;6-3-5(1-2-5)4(7)8/h5-8,13H,9-12H2,1-4H3;3H,1-2H2,(H,7,8). The molecule has 0 atom stereocenters. The average molecular weight is 361 g/mol. The van der Waals surface area contributed by atoms with Crippen molar-refractivity contribution in [3.8, 4) is 5.75 Å². The van der Waals surface area contributed by atoms with Crippen molar-refractivity contribution in [1.29, 1.82) is 0 Å². The van der Waals surface area contributed by atoms with Crippen LogP contribution in [0.3, 0.4) is 0 Å². The maximum atomic E-state index is 10.1. The molecule has 5 nitrogen and oxygen atoms in total. The largest absolute Gasteiger partial charge is 0.490 e. The lowest BCUT2D eigenvalue weighted by molar-refractivity contribution is -0.145. The molecule has 1 aliphatic carbocycles. The second-order valence-corrected chi connectivity index (χ2v) is 8.45. The first-order chi connectivity index (χ1) is 12.2. The summed E-state index contributed by atoms with van der Waals surface area (Å²) in [4.78, 5) is 22.4. The zero-order valence-electron chi connectivity index (χ0n) is 16.3. The summed E-state index contributed by atoms with van der Waals surface area (Å²) in [6, 6.07) is 8.46. The molecule has 2 aliphatic rings. The van der Waals surface area contributed by atoms with Crippen LogP contribution in [0.15, 0.2) is 24.3 Å².